The summed E-state index contributed by atoms with van der Waals surface area (Å²) in [5.41, 5.74) is 0.307. The molecule has 2 aromatic rings. The number of hydrogen-bond donors (Lipinski definition) is 2. The number of amides is 1. The van der Waals surface area contributed by atoms with Crippen molar-refractivity contribution in [3.63, 3.8) is 0 Å². The van der Waals surface area contributed by atoms with Gasteiger partial charge in [-0.05, 0) is 70.6 Å². The fourth-order valence-corrected chi connectivity index (χ4v) is 3.51. The number of hydrogen-bond acceptors (Lipinski definition) is 6. The van der Waals surface area contributed by atoms with Crippen LogP contribution in [-0.4, -0.2) is 41.4 Å². The summed E-state index contributed by atoms with van der Waals surface area (Å²) in [5.74, 6) is 1.87. The van der Waals surface area contributed by atoms with Crippen molar-refractivity contribution in [3.05, 3.63) is 24.4 Å². The zero-order chi connectivity index (χ0) is 20.1. The van der Waals surface area contributed by atoms with Crippen LogP contribution in [0, 0.1) is 5.92 Å². The van der Waals surface area contributed by atoms with Gasteiger partial charge in [0, 0.05) is 24.2 Å². The highest BCUT2D eigenvalue weighted by atomic mass is 16.6. The Morgan fingerprint density at radius 1 is 1.18 bits per heavy atom. The predicted molar refractivity (Wildman–Crippen MR) is 110 cm³/mol. The fourth-order valence-electron chi connectivity index (χ4n) is 3.51. The highest BCUT2D eigenvalue weighted by Gasteiger charge is 2.23. The maximum Gasteiger partial charge on any atom is 0.407 e. The molecule has 0 bridgehead atoms. The Kier molecular flexibility index (Phi) is 6.21. The summed E-state index contributed by atoms with van der Waals surface area (Å²) in [7, 11) is 1.61. The van der Waals surface area contributed by atoms with Crippen molar-refractivity contribution in [2.75, 3.05) is 19.0 Å². The molecule has 0 spiro atoms. The van der Waals surface area contributed by atoms with Gasteiger partial charge in [0.25, 0.3) is 0 Å². The van der Waals surface area contributed by atoms with Gasteiger partial charge < -0.3 is 20.1 Å². The Bertz CT molecular complexity index is 811. The molecule has 0 aliphatic heterocycles. The Labute approximate surface area is 166 Å². The third kappa shape index (κ3) is 5.47. The van der Waals surface area contributed by atoms with E-state index in [2.05, 4.69) is 20.6 Å². The van der Waals surface area contributed by atoms with E-state index in [1.807, 2.05) is 39.0 Å². The molecule has 0 unspecified atom stereocenters. The summed E-state index contributed by atoms with van der Waals surface area (Å²) >= 11 is 0. The molecule has 1 aliphatic carbocycles. The molecule has 2 heterocycles. The maximum atomic E-state index is 11.8. The molecule has 1 aliphatic rings. The number of alkyl carbamates (subject to hydrolysis) is 1. The monoisotopic (exact) mass is 386 g/mol. The van der Waals surface area contributed by atoms with Crippen LogP contribution in [0.25, 0.3) is 10.9 Å². The Morgan fingerprint density at radius 2 is 1.93 bits per heavy atom. The van der Waals surface area contributed by atoms with Crippen molar-refractivity contribution in [1.29, 1.82) is 0 Å². The number of carbonyl (C=O) groups excluding carboxylic acids is 1. The normalized spacial score (nSPS) is 19.9. The molecule has 7 heteroatoms. The van der Waals surface area contributed by atoms with Crippen LogP contribution in [0.5, 0.6) is 5.88 Å². The van der Waals surface area contributed by atoms with Gasteiger partial charge in [-0.2, -0.15) is 0 Å². The molecular weight excluding hydrogens is 356 g/mol. The Hall–Kier alpha value is -2.57. The highest BCUT2D eigenvalue weighted by Crippen LogP contribution is 2.27. The van der Waals surface area contributed by atoms with Crippen LogP contribution in [0.1, 0.15) is 46.5 Å². The average molecular weight is 386 g/mol. The lowest BCUT2D eigenvalue weighted by Gasteiger charge is -2.30. The number of pyridine rings is 2. The Balaban J connectivity index is 1.49. The third-order valence-corrected chi connectivity index (χ3v) is 4.90. The summed E-state index contributed by atoms with van der Waals surface area (Å²) in [5, 5.41) is 7.43. The second-order valence-electron chi connectivity index (χ2n) is 8.33. The van der Waals surface area contributed by atoms with Gasteiger partial charge >= 0.3 is 6.09 Å². The van der Waals surface area contributed by atoms with Gasteiger partial charge in [0.05, 0.1) is 7.11 Å². The lowest BCUT2D eigenvalue weighted by Crippen LogP contribution is -2.37. The number of anilines is 1. The molecule has 1 fully saturated rings. The smallest absolute Gasteiger partial charge is 0.407 e. The fraction of sp³-hybridized carbons (Fsp3) is 0.571. The van der Waals surface area contributed by atoms with Crippen molar-refractivity contribution in [3.8, 4) is 5.88 Å². The predicted octanol–water partition coefficient (Wildman–Crippen LogP) is 4.13. The zero-order valence-corrected chi connectivity index (χ0v) is 17.1. The molecule has 0 aromatic carbocycles. The van der Waals surface area contributed by atoms with Crippen molar-refractivity contribution >= 4 is 22.8 Å². The molecule has 1 saturated carbocycles. The summed E-state index contributed by atoms with van der Waals surface area (Å²) < 4.78 is 10.6. The first-order valence-electron chi connectivity index (χ1n) is 9.87. The Morgan fingerprint density at radius 3 is 2.61 bits per heavy atom. The van der Waals surface area contributed by atoms with E-state index in [1.54, 1.807) is 13.3 Å². The van der Waals surface area contributed by atoms with Crippen molar-refractivity contribution in [1.82, 2.24) is 15.3 Å². The van der Waals surface area contributed by atoms with E-state index in [0.29, 0.717) is 24.4 Å². The number of methoxy groups -OCH3 is 1. The molecular formula is C21H30N4O3. The van der Waals surface area contributed by atoms with E-state index in [-0.39, 0.29) is 6.09 Å². The maximum absolute atomic E-state index is 11.8. The number of carbonyl (C=O) groups is 1. The van der Waals surface area contributed by atoms with E-state index in [4.69, 9.17) is 9.47 Å². The molecule has 152 valence electrons. The van der Waals surface area contributed by atoms with Crippen molar-refractivity contribution in [2.24, 2.45) is 5.92 Å². The largest absolute Gasteiger partial charge is 0.479 e. The first kappa shape index (κ1) is 20.2. The van der Waals surface area contributed by atoms with Crippen molar-refractivity contribution < 1.29 is 14.3 Å². The number of nitrogens with one attached hydrogen (secondary N) is 2. The number of ether oxygens (including phenoxy) is 2. The molecule has 0 radical (unpaired) electrons. The number of fused-ring (bicyclic) bond motifs is 1. The van der Waals surface area contributed by atoms with Crippen LogP contribution in [0.15, 0.2) is 24.4 Å². The van der Waals surface area contributed by atoms with Crippen LogP contribution >= 0.6 is 0 Å². The van der Waals surface area contributed by atoms with E-state index >= 15 is 0 Å². The molecule has 0 saturated heterocycles. The first-order valence-corrected chi connectivity index (χ1v) is 9.87. The van der Waals surface area contributed by atoms with Crippen molar-refractivity contribution in [2.45, 2.75) is 58.1 Å². The summed E-state index contributed by atoms with van der Waals surface area (Å²) in [6.07, 6.45) is 5.60. The van der Waals surface area contributed by atoms with Gasteiger partial charge in [0.15, 0.2) is 0 Å². The minimum atomic E-state index is -0.462. The lowest BCUT2D eigenvalue weighted by molar-refractivity contribution is 0.0515. The van der Waals surface area contributed by atoms with E-state index in [0.717, 1.165) is 42.4 Å². The number of aromatic nitrogens is 2. The van der Waals surface area contributed by atoms with Gasteiger partial charge in [-0.15, -0.1) is 0 Å². The molecule has 7 nitrogen and oxygen atoms in total. The van der Waals surface area contributed by atoms with Gasteiger partial charge in [-0.3, -0.25) is 0 Å². The third-order valence-electron chi connectivity index (χ3n) is 4.90. The number of rotatable bonds is 5. The van der Waals surface area contributed by atoms with E-state index in [1.165, 1.54) is 0 Å². The van der Waals surface area contributed by atoms with Crippen LogP contribution < -0.4 is 15.4 Å². The summed E-state index contributed by atoms with van der Waals surface area (Å²) in [6, 6.07) is 6.34. The molecule has 28 heavy (non-hydrogen) atoms. The molecule has 2 aromatic heterocycles. The molecule has 3 rings (SSSR count). The van der Waals surface area contributed by atoms with Crippen LogP contribution in [0.2, 0.25) is 0 Å². The van der Waals surface area contributed by atoms with Crippen LogP contribution in [0.4, 0.5) is 10.6 Å². The van der Waals surface area contributed by atoms with E-state index in [9.17, 15) is 4.79 Å². The second kappa shape index (κ2) is 8.63. The van der Waals surface area contributed by atoms with Gasteiger partial charge in [0.1, 0.15) is 16.9 Å². The zero-order valence-electron chi connectivity index (χ0n) is 17.1. The SMILES string of the molecule is COc1nccc2ccc(N[C@H]3CC[C@H](CNC(=O)OC(C)(C)C)CC3)nc12. The highest BCUT2D eigenvalue weighted by molar-refractivity contribution is 5.84. The molecule has 1 amide bonds. The number of nitrogens with zero attached hydrogens (tertiary/aromatic N) is 2. The molecule has 2 N–H and O–H groups in total. The summed E-state index contributed by atoms with van der Waals surface area (Å²) in [6.45, 7) is 6.28. The average Bonchev–Trinajstić information content (AvgIpc) is 2.65. The van der Waals surface area contributed by atoms with E-state index < -0.39 is 5.60 Å². The van der Waals surface area contributed by atoms with Gasteiger partial charge in [-0.1, -0.05) is 0 Å². The topological polar surface area (TPSA) is 85.4 Å². The van der Waals surface area contributed by atoms with Crippen LogP contribution in [-0.2, 0) is 4.74 Å². The van der Waals surface area contributed by atoms with Gasteiger partial charge in [-0.25, -0.2) is 14.8 Å². The summed E-state index contributed by atoms with van der Waals surface area (Å²) in [4.78, 5) is 20.7. The minimum absolute atomic E-state index is 0.337. The molecule has 0 atom stereocenters. The minimum Gasteiger partial charge on any atom is -0.479 e. The first-order chi connectivity index (χ1) is 13.3. The second-order valence-corrected chi connectivity index (χ2v) is 8.33. The van der Waals surface area contributed by atoms with Crippen LogP contribution in [0.3, 0.4) is 0 Å². The quantitative estimate of drug-likeness (QED) is 0.803. The standard InChI is InChI=1S/C21H30N4O3/c1-21(2,3)28-20(26)23-13-14-5-8-16(9-6-14)24-17-10-7-15-11-12-22-19(27-4)18(15)25-17/h7,10-12,14,16H,5-6,8-9,13H2,1-4H3,(H,23,26)(H,24,25)/t14-,16-. The van der Waals surface area contributed by atoms with Gasteiger partial charge in [0.2, 0.25) is 5.88 Å². The lowest BCUT2D eigenvalue weighted by atomic mass is 9.86.